The van der Waals surface area contributed by atoms with E-state index in [2.05, 4.69) is 33.6 Å². The molecule has 2 aromatic rings. The average molecular weight is 301 g/mol. The van der Waals surface area contributed by atoms with Crippen molar-refractivity contribution in [2.75, 3.05) is 5.73 Å². The molecule has 2 N–H and O–H groups in total. The Labute approximate surface area is 92.3 Å². The van der Waals surface area contributed by atoms with Gasteiger partial charge in [0.05, 0.1) is 10.3 Å². The number of aromatic nitrogens is 1. The van der Waals surface area contributed by atoms with E-state index in [-0.39, 0.29) is 0 Å². The lowest BCUT2D eigenvalue weighted by Gasteiger charge is -1.92. The van der Waals surface area contributed by atoms with Crippen molar-refractivity contribution in [1.29, 1.82) is 5.26 Å². The lowest BCUT2D eigenvalue weighted by atomic mass is 10.2. The van der Waals surface area contributed by atoms with E-state index >= 15 is 0 Å². The first-order valence-electron chi connectivity index (χ1n) is 3.45. The van der Waals surface area contributed by atoms with Gasteiger partial charge in [0.1, 0.15) is 11.1 Å². The van der Waals surface area contributed by atoms with E-state index in [0.717, 1.165) is 13.7 Å². The van der Waals surface area contributed by atoms with Crippen LogP contribution < -0.4 is 5.73 Å². The lowest BCUT2D eigenvalue weighted by molar-refractivity contribution is 1.35. The van der Waals surface area contributed by atoms with Crippen LogP contribution in [0, 0.1) is 14.9 Å². The largest absolute Gasteiger partial charge is 0.389 e. The minimum Gasteiger partial charge on any atom is -0.389 e. The van der Waals surface area contributed by atoms with Crippen LogP contribution in [0.3, 0.4) is 0 Å². The monoisotopic (exact) mass is 301 g/mol. The fourth-order valence-corrected chi connectivity index (χ4v) is 2.96. The summed E-state index contributed by atoms with van der Waals surface area (Å²) < 4.78 is 1.94. The van der Waals surface area contributed by atoms with Crippen LogP contribution in [0.25, 0.3) is 10.1 Å². The van der Waals surface area contributed by atoms with Gasteiger partial charge in [0.15, 0.2) is 0 Å². The van der Waals surface area contributed by atoms with Crippen LogP contribution >= 0.6 is 33.9 Å². The molecule has 0 aromatic carbocycles. The molecular formula is C8H4IN3S. The molecule has 5 heteroatoms. The molecule has 3 nitrogen and oxygen atoms in total. The fourth-order valence-electron chi connectivity index (χ4n) is 1.14. The van der Waals surface area contributed by atoms with Gasteiger partial charge >= 0.3 is 0 Å². The van der Waals surface area contributed by atoms with Crippen LogP contribution in [0.2, 0.25) is 0 Å². The number of nitrogens with two attached hydrogens (primary N) is 1. The molecule has 0 spiro atoms. The van der Waals surface area contributed by atoms with Crippen LogP contribution in [0.15, 0.2) is 12.4 Å². The molecule has 0 saturated heterocycles. The lowest BCUT2D eigenvalue weighted by Crippen LogP contribution is -1.84. The molecule has 0 aliphatic carbocycles. The van der Waals surface area contributed by atoms with Crippen LogP contribution in [-0.4, -0.2) is 4.98 Å². The predicted molar refractivity (Wildman–Crippen MR) is 61.5 cm³/mol. The van der Waals surface area contributed by atoms with Gasteiger partial charge in [-0.2, -0.15) is 5.26 Å². The minimum absolute atomic E-state index is 0.573. The van der Waals surface area contributed by atoms with E-state index in [1.165, 1.54) is 11.3 Å². The van der Waals surface area contributed by atoms with E-state index in [0.29, 0.717) is 10.6 Å². The standard InChI is InChI=1S/C8H4IN3S/c9-5-2-12-3-6-7(5)4(1-10)8(11)13-6/h2-3H,11H2. The van der Waals surface area contributed by atoms with E-state index in [1.54, 1.807) is 12.4 Å². The molecule has 2 heterocycles. The van der Waals surface area contributed by atoms with Crippen molar-refractivity contribution in [2.24, 2.45) is 0 Å². The van der Waals surface area contributed by atoms with E-state index in [9.17, 15) is 0 Å². The summed E-state index contributed by atoms with van der Waals surface area (Å²) in [4.78, 5) is 4.04. The Morgan fingerprint density at radius 2 is 2.31 bits per heavy atom. The molecule has 0 fully saturated rings. The van der Waals surface area contributed by atoms with Crippen LogP contribution in [0.1, 0.15) is 5.56 Å². The number of fused-ring (bicyclic) bond motifs is 1. The summed E-state index contributed by atoms with van der Waals surface area (Å²) >= 11 is 3.56. The second-order valence-corrected chi connectivity index (χ2v) is 4.69. The first-order valence-corrected chi connectivity index (χ1v) is 5.35. The molecule has 0 atom stereocenters. The molecule has 2 aromatic heterocycles. The third kappa shape index (κ3) is 1.26. The first-order chi connectivity index (χ1) is 6.24. The normalized spacial score (nSPS) is 10.2. The van der Waals surface area contributed by atoms with Crippen molar-refractivity contribution < 1.29 is 0 Å². The van der Waals surface area contributed by atoms with Gasteiger partial charge in [0, 0.05) is 21.4 Å². The molecule has 0 aliphatic rings. The molecule has 64 valence electrons. The summed E-state index contributed by atoms with van der Waals surface area (Å²) in [5, 5.41) is 10.4. The van der Waals surface area contributed by atoms with Crippen LogP contribution in [0.4, 0.5) is 5.00 Å². The Morgan fingerprint density at radius 1 is 1.54 bits per heavy atom. The number of thiophene rings is 1. The maximum atomic E-state index is 8.88. The summed E-state index contributed by atoms with van der Waals surface area (Å²) in [7, 11) is 0. The summed E-state index contributed by atoms with van der Waals surface area (Å²) in [6.07, 6.45) is 3.47. The highest BCUT2D eigenvalue weighted by molar-refractivity contribution is 14.1. The Kier molecular flexibility index (Phi) is 2.09. The van der Waals surface area contributed by atoms with Crippen LogP contribution in [-0.2, 0) is 0 Å². The molecule has 0 aliphatic heterocycles. The second kappa shape index (κ2) is 3.12. The Bertz CT molecular complexity index is 512. The van der Waals surface area contributed by atoms with Gasteiger partial charge in [-0.1, -0.05) is 0 Å². The maximum Gasteiger partial charge on any atom is 0.105 e. The summed E-state index contributed by atoms with van der Waals surface area (Å²) in [6.45, 7) is 0. The highest BCUT2D eigenvalue weighted by atomic mass is 127. The summed E-state index contributed by atoms with van der Waals surface area (Å²) in [5.74, 6) is 0. The van der Waals surface area contributed by atoms with Gasteiger partial charge in [-0.25, -0.2) is 0 Å². The number of hydrogen-bond donors (Lipinski definition) is 1. The average Bonchev–Trinajstić information content (AvgIpc) is 2.42. The molecule has 2 rings (SSSR count). The third-order valence-corrected chi connectivity index (χ3v) is 3.46. The Balaban J connectivity index is 2.99. The number of rotatable bonds is 0. The molecule has 0 bridgehead atoms. The molecule has 0 saturated carbocycles. The van der Waals surface area contributed by atoms with Crippen molar-refractivity contribution in [3.8, 4) is 6.07 Å². The molecule has 13 heavy (non-hydrogen) atoms. The van der Waals surface area contributed by atoms with Crippen LogP contribution in [0.5, 0.6) is 0 Å². The molecule has 0 unspecified atom stereocenters. The van der Waals surface area contributed by atoms with Crippen molar-refractivity contribution in [1.82, 2.24) is 4.98 Å². The number of anilines is 1. The highest BCUT2D eigenvalue weighted by Gasteiger charge is 2.11. The van der Waals surface area contributed by atoms with Gasteiger partial charge in [0.25, 0.3) is 0 Å². The minimum atomic E-state index is 0.573. The number of nitrogens with zero attached hydrogens (tertiary/aromatic N) is 2. The SMILES string of the molecule is N#Cc1c(N)sc2cncc(I)c12. The smallest absolute Gasteiger partial charge is 0.105 e. The summed E-state index contributed by atoms with van der Waals surface area (Å²) in [6, 6.07) is 2.11. The highest BCUT2D eigenvalue weighted by Crippen LogP contribution is 2.34. The first kappa shape index (κ1) is 8.72. The van der Waals surface area contributed by atoms with Gasteiger partial charge in [-0.3, -0.25) is 4.98 Å². The number of pyridine rings is 1. The van der Waals surface area contributed by atoms with Crippen molar-refractivity contribution in [2.45, 2.75) is 0 Å². The topological polar surface area (TPSA) is 62.7 Å². The molecule has 0 radical (unpaired) electrons. The van der Waals surface area contributed by atoms with Crippen molar-refractivity contribution in [3.63, 3.8) is 0 Å². The van der Waals surface area contributed by atoms with Gasteiger partial charge in [-0.15, -0.1) is 11.3 Å². The fraction of sp³-hybridized carbons (Fsp3) is 0. The van der Waals surface area contributed by atoms with Gasteiger partial charge in [-0.05, 0) is 22.6 Å². The predicted octanol–water partition coefficient (Wildman–Crippen LogP) is 2.35. The number of hydrogen-bond acceptors (Lipinski definition) is 4. The number of halogens is 1. The number of nitrogen functional groups attached to an aromatic ring is 1. The third-order valence-electron chi connectivity index (χ3n) is 1.69. The van der Waals surface area contributed by atoms with E-state index in [4.69, 9.17) is 11.0 Å². The van der Waals surface area contributed by atoms with E-state index in [1.807, 2.05) is 0 Å². The number of nitriles is 1. The quantitative estimate of drug-likeness (QED) is 0.760. The second-order valence-electron chi connectivity index (χ2n) is 2.45. The summed E-state index contributed by atoms with van der Waals surface area (Å²) in [5.41, 5.74) is 6.27. The Hall–Kier alpha value is -0.870. The zero-order valence-electron chi connectivity index (χ0n) is 6.41. The van der Waals surface area contributed by atoms with Crippen molar-refractivity contribution in [3.05, 3.63) is 21.5 Å². The molecular weight excluding hydrogens is 297 g/mol. The Morgan fingerprint density at radius 3 is 3.00 bits per heavy atom. The zero-order chi connectivity index (χ0) is 9.42. The van der Waals surface area contributed by atoms with Gasteiger partial charge < -0.3 is 5.73 Å². The molecule has 0 amide bonds. The van der Waals surface area contributed by atoms with E-state index < -0.39 is 0 Å². The van der Waals surface area contributed by atoms with Crippen molar-refractivity contribution >= 4 is 49.0 Å². The zero-order valence-corrected chi connectivity index (χ0v) is 9.39. The maximum absolute atomic E-state index is 8.88. The van der Waals surface area contributed by atoms with Gasteiger partial charge in [0.2, 0.25) is 0 Å².